The van der Waals surface area contributed by atoms with Crippen molar-refractivity contribution in [3.63, 3.8) is 0 Å². The second kappa shape index (κ2) is 5.05. The van der Waals surface area contributed by atoms with Crippen LogP contribution in [0.4, 0.5) is 0 Å². The molecule has 2 saturated heterocycles. The SMILES string of the molecule is O=C1CCC(N2Cc3cc4c(cc3C2=O)OC2(CC4)CNC2)C(=O)N1. The van der Waals surface area contributed by atoms with E-state index in [-0.39, 0.29) is 29.7 Å². The summed E-state index contributed by atoms with van der Waals surface area (Å²) < 4.78 is 6.19. The predicted octanol–water partition coefficient (Wildman–Crippen LogP) is 0.115. The molecule has 1 spiro atoms. The highest BCUT2D eigenvalue weighted by molar-refractivity contribution is 6.05. The molecule has 3 amide bonds. The molecule has 0 bridgehead atoms. The number of hydrogen-bond donors (Lipinski definition) is 2. The molecule has 7 heteroatoms. The molecule has 2 fully saturated rings. The molecule has 25 heavy (non-hydrogen) atoms. The van der Waals surface area contributed by atoms with Crippen molar-refractivity contribution in [2.75, 3.05) is 13.1 Å². The highest BCUT2D eigenvalue weighted by atomic mass is 16.5. The summed E-state index contributed by atoms with van der Waals surface area (Å²) >= 11 is 0. The van der Waals surface area contributed by atoms with Crippen LogP contribution in [0.25, 0.3) is 0 Å². The zero-order valence-corrected chi connectivity index (χ0v) is 13.8. The van der Waals surface area contributed by atoms with E-state index >= 15 is 0 Å². The molecule has 130 valence electrons. The van der Waals surface area contributed by atoms with Crippen molar-refractivity contribution in [2.24, 2.45) is 0 Å². The molecule has 4 aliphatic rings. The van der Waals surface area contributed by atoms with E-state index in [2.05, 4.69) is 10.6 Å². The number of rotatable bonds is 1. The summed E-state index contributed by atoms with van der Waals surface area (Å²) in [5.41, 5.74) is 2.58. The van der Waals surface area contributed by atoms with Gasteiger partial charge in [0.05, 0.1) is 0 Å². The number of aryl methyl sites for hydroxylation is 1. The molecule has 4 aliphatic heterocycles. The summed E-state index contributed by atoms with van der Waals surface area (Å²) in [5.74, 6) is -0.00109. The normalized spacial score (nSPS) is 26.6. The second-order valence-electron chi connectivity index (χ2n) is 7.41. The lowest BCUT2D eigenvalue weighted by Crippen LogP contribution is -2.64. The van der Waals surface area contributed by atoms with Gasteiger partial charge in [-0.1, -0.05) is 0 Å². The standard InChI is InChI=1S/C18H19N3O4/c22-15-2-1-13(16(23)20-15)21-7-11-5-10-3-4-18(8-19-9-18)25-14(10)6-12(11)17(21)24/h5-6,13,19H,1-4,7-9H2,(H,20,22,23). The van der Waals surface area contributed by atoms with E-state index < -0.39 is 6.04 Å². The van der Waals surface area contributed by atoms with Gasteiger partial charge in [-0.3, -0.25) is 19.7 Å². The smallest absolute Gasteiger partial charge is 0.255 e. The molecule has 0 saturated carbocycles. The summed E-state index contributed by atoms with van der Waals surface area (Å²) in [6, 6.07) is 3.32. The molecular weight excluding hydrogens is 322 g/mol. The van der Waals surface area contributed by atoms with Gasteiger partial charge in [0.1, 0.15) is 17.4 Å². The van der Waals surface area contributed by atoms with Crippen LogP contribution in [0, 0.1) is 0 Å². The third kappa shape index (κ3) is 2.18. The average molecular weight is 341 g/mol. The number of carbonyl (C=O) groups is 3. The summed E-state index contributed by atoms with van der Waals surface area (Å²) in [7, 11) is 0. The fourth-order valence-corrected chi connectivity index (χ4v) is 4.24. The third-order valence-corrected chi connectivity index (χ3v) is 5.78. The van der Waals surface area contributed by atoms with E-state index in [4.69, 9.17) is 4.74 Å². The van der Waals surface area contributed by atoms with E-state index in [9.17, 15) is 14.4 Å². The summed E-state index contributed by atoms with van der Waals surface area (Å²) in [4.78, 5) is 37.9. The van der Waals surface area contributed by atoms with Crippen molar-refractivity contribution in [1.29, 1.82) is 0 Å². The zero-order valence-electron chi connectivity index (χ0n) is 13.8. The van der Waals surface area contributed by atoms with Crippen LogP contribution in [0.15, 0.2) is 12.1 Å². The number of benzene rings is 1. The van der Waals surface area contributed by atoms with Gasteiger partial charge in [-0.05, 0) is 42.5 Å². The minimum atomic E-state index is -0.572. The molecule has 1 aromatic carbocycles. The first-order valence-corrected chi connectivity index (χ1v) is 8.75. The second-order valence-corrected chi connectivity index (χ2v) is 7.41. The van der Waals surface area contributed by atoms with Crippen molar-refractivity contribution in [1.82, 2.24) is 15.5 Å². The van der Waals surface area contributed by atoms with Crippen LogP contribution in [0.1, 0.15) is 40.7 Å². The van der Waals surface area contributed by atoms with Crippen molar-refractivity contribution < 1.29 is 19.1 Å². The van der Waals surface area contributed by atoms with E-state index in [1.54, 1.807) is 4.90 Å². The Kier molecular flexibility index (Phi) is 3.01. The van der Waals surface area contributed by atoms with Gasteiger partial charge in [0.15, 0.2) is 0 Å². The van der Waals surface area contributed by atoms with Crippen LogP contribution in [-0.2, 0) is 22.6 Å². The topological polar surface area (TPSA) is 87.7 Å². The van der Waals surface area contributed by atoms with Crippen molar-refractivity contribution >= 4 is 17.7 Å². The number of nitrogens with one attached hydrogen (secondary N) is 2. The molecule has 5 rings (SSSR count). The molecule has 4 heterocycles. The zero-order chi connectivity index (χ0) is 17.2. The van der Waals surface area contributed by atoms with E-state index in [0.717, 1.165) is 42.8 Å². The summed E-state index contributed by atoms with van der Waals surface area (Å²) in [6.07, 6.45) is 2.58. The fraction of sp³-hybridized carbons (Fsp3) is 0.500. The Morgan fingerprint density at radius 2 is 1.96 bits per heavy atom. The lowest BCUT2D eigenvalue weighted by molar-refractivity contribution is -0.136. The largest absolute Gasteiger partial charge is 0.484 e. The molecule has 0 radical (unpaired) electrons. The molecule has 7 nitrogen and oxygen atoms in total. The van der Waals surface area contributed by atoms with Crippen LogP contribution in [0.2, 0.25) is 0 Å². The minimum absolute atomic E-state index is 0.119. The number of amides is 3. The molecule has 0 aromatic heterocycles. The molecule has 1 aromatic rings. The molecular formula is C18H19N3O4. The Hall–Kier alpha value is -2.41. The number of piperidine rings is 1. The molecule has 1 atom stereocenters. The Balaban J connectivity index is 1.44. The van der Waals surface area contributed by atoms with Gasteiger partial charge in [0.25, 0.3) is 5.91 Å². The van der Waals surface area contributed by atoms with Gasteiger partial charge in [-0.2, -0.15) is 0 Å². The van der Waals surface area contributed by atoms with Gasteiger partial charge in [0.2, 0.25) is 11.8 Å². The van der Waals surface area contributed by atoms with Gasteiger partial charge >= 0.3 is 0 Å². The van der Waals surface area contributed by atoms with Crippen molar-refractivity contribution in [3.05, 3.63) is 28.8 Å². The highest BCUT2D eigenvalue weighted by Crippen LogP contribution is 2.39. The maximum absolute atomic E-state index is 12.8. The quantitative estimate of drug-likeness (QED) is 0.708. The number of fused-ring (bicyclic) bond motifs is 2. The van der Waals surface area contributed by atoms with Gasteiger partial charge in [-0.25, -0.2) is 0 Å². The third-order valence-electron chi connectivity index (χ3n) is 5.78. The Morgan fingerprint density at radius 1 is 1.12 bits per heavy atom. The Labute approximate surface area is 144 Å². The van der Waals surface area contributed by atoms with Gasteiger partial charge < -0.3 is 15.0 Å². The van der Waals surface area contributed by atoms with E-state index in [1.165, 1.54) is 0 Å². The number of ether oxygens (including phenoxy) is 1. The first-order chi connectivity index (χ1) is 12.0. The number of nitrogens with zero attached hydrogens (tertiary/aromatic N) is 1. The highest BCUT2D eigenvalue weighted by Gasteiger charge is 2.44. The van der Waals surface area contributed by atoms with Crippen LogP contribution in [0.3, 0.4) is 0 Å². The van der Waals surface area contributed by atoms with Crippen LogP contribution in [-0.4, -0.2) is 47.4 Å². The van der Waals surface area contributed by atoms with Crippen LogP contribution >= 0.6 is 0 Å². The average Bonchev–Trinajstić information content (AvgIpc) is 2.87. The van der Waals surface area contributed by atoms with Crippen molar-refractivity contribution in [3.8, 4) is 5.75 Å². The first kappa shape index (κ1) is 14.9. The first-order valence-electron chi connectivity index (χ1n) is 8.75. The Morgan fingerprint density at radius 3 is 2.68 bits per heavy atom. The maximum atomic E-state index is 12.8. The monoisotopic (exact) mass is 341 g/mol. The van der Waals surface area contributed by atoms with Gasteiger partial charge in [-0.15, -0.1) is 0 Å². The number of imide groups is 1. The van der Waals surface area contributed by atoms with E-state index in [0.29, 0.717) is 18.5 Å². The molecule has 2 N–H and O–H groups in total. The van der Waals surface area contributed by atoms with Gasteiger partial charge in [0, 0.05) is 31.6 Å². The molecule has 1 unspecified atom stereocenters. The lowest BCUT2D eigenvalue weighted by atomic mass is 9.85. The predicted molar refractivity (Wildman–Crippen MR) is 87.0 cm³/mol. The fourth-order valence-electron chi connectivity index (χ4n) is 4.24. The number of hydrogen-bond acceptors (Lipinski definition) is 5. The number of carbonyl (C=O) groups excluding carboxylic acids is 3. The lowest BCUT2D eigenvalue weighted by Gasteiger charge is -2.45. The Bertz CT molecular complexity index is 815. The van der Waals surface area contributed by atoms with Crippen LogP contribution < -0.4 is 15.4 Å². The maximum Gasteiger partial charge on any atom is 0.255 e. The summed E-state index contributed by atoms with van der Waals surface area (Å²) in [5, 5.41) is 5.58. The minimum Gasteiger partial charge on any atom is -0.484 e. The van der Waals surface area contributed by atoms with E-state index in [1.807, 2.05) is 12.1 Å². The van der Waals surface area contributed by atoms with Crippen molar-refractivity contribution in [2.45, 2.75) is 43.9 Å². The molecule has 0 aliphatic carbocycles. The summed E-state index contributed by atoms with van der Waals surface area (Å²) in [6.45, 7) is 2.11. The van der Waals surface area contributed by atoms with Crippen LogP contribution in [0.5, 0.6) is 5.75 Å².